The van der Waals surface area contributed by atoms with Crippen LogP contribution < -0.4 is 15.5 Å². The van der Waals surface area contributed by atoms with Crippen molar-refractivity contribution < 1.29 is 19.1 Å². The van der Waals surface area contributed by atoms with Crippen molar-refractivity contribution in [2.24, 2.45) is 5.10 Å². The van der Waals surface area contributed by atoms with Crippen LogP contribution >= 0.6 is 0 Å². The highest BCUT2D eigenvalue weighted by atomic mass is 16.5. The summed E-state index contributed by atoms with van der Waals surface area (Å²) in [7, 11) is 0. The Bertz CT molecular complexity index is 1080. The van der Waals surface area contributed by atoms with Gasteiger partial charge in [-0.2, -0.15) is 5.10 Å². The number of aryl methyl sites for hydroxylation is 1. The van der Waals surface area contributed by atoms with Gasteiger partial charge in [0.1, 0.15) is 5.75 Å². The Kier molecular flexibility index (Phi) is 6.68. The van der Waals surface area contributed by atoms with Gasteiger partial charge in [0, 0.05) is 5.69 Å². The highest BCUT2D eigenvalue weighted by Gasteiger charge is 2.12. The highest BCUT2D eigenvalue weighted by Crippen LogP contribution is 2.13. The average Bonchev–Trinajstić information content (AvgIpc) is 2.75. The van der Waals surface area contributed by atoms with Crippen molar-refractivity contribution in [1.29, 1.82) is 0 Å². The summed E-state index contributed by atoms with van der Waals surface area (Å²) in [5.74, 6) is -1.78. The van der Waals surface area contributed by atoms with Crippen LogP contribution in [0.1, 0.15) is 21.5 Å². The third-order valence-electron chi connectivity index (χ3n) is 3.96. The van der Waals surface area contributed by atoms with Gasteiger partial charge in [0.25, 0.3) is 0 Å². The molecule has 0 heterocycles. The molecule has 0 unspecified atom stereocenters. The lowest BCUT2D eigenvalue weighted by Crippen LogP contribution is -2.32. The summed E-state index contributed by atoms with van der Waals surface area (Å²) >= 11 is 0. The third-order valence-corrected chi connectivity index (χ3v) is 3.96. The zero-order chi connectivity index (χ0) is 21.3. The zero-order valence-electron chi connectivity index (χ0n) is 16.2. The molecule has 0 aliphatic heterocycles. The lowest BCUT2D eigenvalue weighted by molar-refractivity contribution is -0.136. The molecule has 3 aromatic rings. The monoisotopic (exact) mass is 401 g/mol. The van der Waals surface area contributed by atoms with Gasteiger partial charge in [0.2, 0.25) is 0 Å². The second-order valence-corrected chi connectivity index (χ2v) is 6.35. The molecule has 7 nitrogen and oxygen atoms in total. The molecule has 7 heteroatoms. The molecule has 150 valence electrons. The normalized spacial score (nSPS) is 10.4. The highest BCUT2D eigenvalue weighted by molar-refractivity contribution is 6.39. The maximum Gasteiger partial charge on any atom is 0.343 e. The first-order valence-corrected chi connectivity index (χ1v) is 9.09. The zero-order valence-corrected chi connectivity index (χ0v) is 16.2. The van der Waals surface area contributed by atoms with Gasteiger partial charge in [0.15, 0.2) is 0 Å². The number of nitrogens with one attached hydrogen (secondary N) is 2. The number of rotatable bonds is 5. The maximum absolute atomic E-state index is 12.0. The van der Waals surface area contributed by atoms with E-state index in [0.717, 1.165) is 5.56 Å². The van der Waals surface area contributed by atoms with Crippen LogP contribution in [-0.4, -0.2) is 24.0 Å². The Hall–Kier alpha value is -4.26. The van der Waals surface area contributed by atoms with Crippen LogP contribution in [0, 0.1) is 6.92 Å². The van der Waals surface area contributed by atoms with Crippen LogP contribution in [0.4, 0.5) is 5.69 Å². The van der Waals surface area contributed by atoms with Crippen LogP contribution in [0.25, 0.3) is 0 Å². The van der Waals surface area contributed by atoms with Gasteiger partial charge in [-0.1, -0.05) is 30.3 Å². The van der Waals surface area contributed by atoms with E-state index in [4.69, 9.17) is 4.74 Å². The second-order valence-electron chi connectivity index (χ2n) is 6.35. The van der Waals surface area contributed by atoms with Gasteiger partial charge in [-0.15, -0.1) is 0 Å². The van der Waals surface area contributed by atoms with Crippen LogP contribution in [0.3, 0.4) is 0 Å². The molecule has 0 saturated carbocycles. The van der Waals surface area contributed by atoms with Crippen LogP contribution in [0.5, 0.6) is 5.75 Å². The molecule has 0 radical (unpaired) electrons. The van der Waals surface area contributed by atoms with Crippen LogP contribution in [0.15, 0.2) is 84.0 Å². The van der Waals surface area contributed by atoms with E-state index in [2.05, 4.69) is 15.8 Å². The minimum Gasteiger partial charge on any atom is -0.423 e. The molecule has 0 saturated heterocycles. The summed E-state index contributed by atoms with van der Waals surface area (Å²) in [5.41, 5.74) is 4.76. The molecule has 3 aromatic carbocycles. The minimum absolute atomic E-state index is 0.377. The van der Waals surface area contributed by atoms with E-state index >= 15 is 0 Å². The Labute approximate surface area is 173 Å². The minimum atomic E-state index is -0.888. The van der Waals surface area contributed by atoms with Gasteiger partial charge in [-0.25, -0.2) is 10.2 Å². The Balaban J connectivity index is 1.50. The van der Waals surface area contributed by atoms with Crippen LogP contribution in [-0.2, 0) is 9.59 Å². The number of hydrogen-bond donors (Lipinski definition) is 2. The number of amides is 2. The molecule has 30 heavy (non-hydrogen) atoms. The number of esters is 1. The number of nitrogens with zero attached hydrogens (tertiary/aromatic N) is 1. The number of hydrogen-bond acceptors (Lipinski definition) is 5. The van der Waals surface area contributed by atoms with Crippen molar-refractivity contribution in [3.05, 3.63) is 95.6 Å². The van der Waals surface area contributed by atoms with Crippen molar-refractivity contribution in [3.8, 4) is 5.75 Å². The molecule has 0 atom stereocenters. The summed E-state index contributed by atoms with van der Waals surface area (Å²) in [4.78, 5) is 35.7. The predicted molar refractivity (Wildman–Crippen MR) is 113 cm³/mol. The summed E-state index contributed by atoms with van der Waals surface area (Å²) in [6, 6.07) is 22.3. The molecule has 0 fully saturated rings. The fourth-order valence-corrected chi connectivity index (χ4v) is 2.49. The van der Waals surface area contributed by atoms with Gasteiger partial charge >= 0.3 is 17.8 Å². The molecule has 0 aliphatic carbocycles. The first kappa shape index (κ1) is 20.5. The molecule has 2 amide bonds. The maximum atomic E-state index is 12.0. The van der Waals surface area contributed by atoms with Gasteiger partial charge in [-0.3, -0.25) is 9.59 Å². The van der Waals surface area contributed by atoms with E-state index in [1.54, 1.807) is 66.7 Å². The fraction of sp³-hybridized carbons (Fsp3) is 0.0435. The molecule has 3 rings (SSSR count). The molecule has 0 spiro atoms. The molecule has 0 bridgehead atoms. The largest absolute Gasteiger partial charge is 0.423 e. The van der Waals surface area contributed by atoms with Crippen molar-refractivity contribution in [3.63, 3.8) is 0 Å². The van der Waals surface area contributed by atoms with Crippen molar-refractivity contribution >= 4 is 29.7 Å². The van der Waals surface area contributed by atoms with Gasteiger partial charge < -0.3 is 10.1 Å². The summed E-state index contributed by atoms with van der Waals surface area (Å²) in [6.45, 7) is 1.88. The number of benzene rings is 3. The second kappa shape index (κ2) is 9.79. The Morgan fingerprint density at radius 3 is 2.30 bits per heavy atom. The van der Waals surface area contributed by atoms with E-state index in [1.807, 2.05) is 19.1 Å². The molecule has 2 N–H and O–H groups in total. The van der Waals surface area contributed by atoms with E-state index < -0.39 is 17.8 Å². The Morgan fingerprint density at radius 2 is 1.60 bits per heavy atom. The first-order valence-electron chi connectivity index (χ1n) is 9.09. The van der Waals surface area contributed by atoms with Crippen LogP contribution in [0.2, 0.25) is 0 Å². The number of ether oxygens (including phenoxy) is 1. The standard InChI is InChI=1S/C23H19N3O4/c1-16-6-5-9-19(14-16)25-21(27)22(28)26-24-15-17-10-12-20(13-11-17)30-23(29)18-7-3-2-4-8-18/h2-15H,1H3,(H,25,27)(H,26,28)/b24-15-. The van der Waals surface area contributed by atoms with Gasteiger partial charge in [0.05, 0.1) is 11.8 Å². The topological polar surface area (TPSA) is 96.9 Å². The third kappa shape index (κ3) is 5.87. The predicted octanol–water partition coefficient (Wildman–Crippen LogP) is 3.30. The van der Waals surface area contributed by atoms with E-state index in [0.29, 0.717) is 22.6 Å². The first-order chi connectivity index (χ1) is 14.5. The summed E-state index contributed by atoms with van der Waals surface area (Å²) in [5, 5.41) is 6.26. The Morgan fingerprint density at radius 1 is 0.867 bits per heavy atom. The SMILES string of the molecule is Cc1cccc(NC(=O)C(=O)N/N=C\c2ccc(OC(=O)c3ccccc3)cc2)c1. The molecular formula is C23H19N3O4. The molecule has 0 aliphatic rings. The van der Waals surface area contributed by atoms with Crippen molar-refractivity contribution in [2.75, 3.05) is 5.32 Å². The van der Waals surface area contributed by atoms with E-state index in [9.17, 15) is 14.4 Å². The molecular weight excluding hydrogens is 382 g/mol. The average molecular weight is 401 g/mol. The quantitative estimate of drug-likeness (QED) is 0.225. The number of carbonyl (C=O) groups is 3. The van der Waals surface area contributed by atoms with E-state index in [-0.39, 0.29) is 0 Å². The smallest absolute Gasteiger partial charge is 0.343 e. The lowest BCUT2D eigenvalue weighted by Gasteiger charge is -2.05. The van der Waals surface area contributed by atoms with Crippen molar-refractivity contribution in [1.82, 2.24) is 5.43 Å². The fourth-order valence-electron chi connectivity index (χ4n) is 2.49. The molecule has 0 aromatic heterocycles. The number of carbonyl (C=O) groups excluding carboxylic acids is 3. The summed E-state index contributed by atoms with van der Waals surface area (Å²) in [6.07, 6.45) is 1.38. The van der Waals surface area contributed by atoms with Gasteiger partial charge in [-0.05, 0) is 66.6 Å². The van der Waals surface area contributed by atoms with Crippen molar-refractivity contribution in [2.45, 2.75) is 6.92 Å². The summed E-state index contributed by atoms with van der Waals surface area (Å²) < 4.78 is 5.29. The van der Waals surface area contributed by atoms with E-state index in [1.165, 1.54) is 6.21 Å². The number of hydrazone groups is 1. The number of anilines is 1. The lowest BCUT2D eigenvalue weighted by atomic mass is 10.2.